The molecule has 1 aromatic rings. The summed E-state index contributed by atoms with van der Waals surface area (Å²) in [6.45, 7) is 4.87. The van der Waals surface area contributed by atoms with E-state index in [9.17, 15) is 18.7 Å². The number of carboxylic acids is 1. The van der Waals surface area contributed by atoms with E-state index in [4.69, 9.17) is 0 Å². The van der Waals surface area contributed by atoms with Crippen molar-refractivity contribution in [3.63, 3.8) is 0 Å². The number of halogens is 2. The van der Waals surface area contributed by atoms with E-state index < -0.39 is 23.6 Å². The highest BCUT2D eigenvalue weighted by Crippen LogP contribution is 2.27. The van der Waals surface area contributed by atoms with Crippen LogP contribution in [0.1, 0.15) is 24.4 Å². The summed E-state index contributed by atoms with van der Waals surface area (Å²) < 4.78 is 27.2. The van der Waals surface area contributed by atoms with E-state index in [-0.39, 0.29) is 5.56 Å². The minimum absolute atomic E-state index is 0.0293. The lowest BCUT2D eigenvalue weighted by atomic mass is 10.0. The lowest BCUT2D eigenvalue weighted by Gasteiger charge is -2.43. The van der Waals surface area contributed by atoms with E-state index in [0.29, 0.717) is 19.1 Å². The van der Waals surface area contributed by atoms with Gasteiger partial charge in [-0.05, 0) is 39.0 Å². The lowest BCUT2D eigenvalue weighted by molar-refractivity contribution is -0.144. The second-order valence-electron chi connectivity index (χ2n) is 7.01. The van der Waals surface area contributed by atoms with Crippen LogP contribution < -0.4 is 0 Å². The number of carboxylic acid groups (broad SMARTS) is 1. The molecule has 2 aliphatic heterocycles. The Bertz CT molecular complexity index is 612. The number of nitrogens with zero attached hydrogens (tertiary/aromatic N) is 3. The summed E-state index contributed by atoms with van der Waals surface area (Å²) in [5.74, 6) is -2.60. The molecular formula is C18H25F2N3O2. The SMILES string of the molecule is CN1CCC(N2CCN([C@H](C(=O)O)c3ccc(F)cc3F)CC2)CC1. The van der Waals surface area contributed by atoms with Crippen LogP contribution in [-0.2, 0) is 4.79 Å². The van der Waals surface area contributed by atoms with Crippen LogP contribution in [0, 0.1) is 11.6 Å². The summed E-state index contributed by atoms with van der Waals surface area (Å²) in [6, 6.07) is 2.58. The van der Waals surface area contributed by atoms with E-state index in [1.807, 2.05) is 0 Å². The van der Waals surface area contributed by atoms with Crippen LogP contribution in [0.2, 0.25) is 0 Å². The van der Waals surface area contributed by atoms with Crippen molar-refractivity contribution in [3.8, 4) is 0 Å². The van der Waals surface area contributed by atoms with Gasteiger partial charge in [-0.1, -0.05) is 6.07 Å². The molecule has 138 valence electrons. The van der Waals surface area contributed by atoms with Crippen molar-refractivity contribution in [3.05, 3.63) is 35.4 Å². The third-order valence-corrected chi connectivity index (χ3v) is 5.41. The summed E-state index contributed by atoms with van der Waals surface area (Å²) in [5, 5.41) is 9.60. The maximum atomic E-state index is 14.1. The number of rotatable bonds is 4. The van der Waals surface area contributed by atoms with Gasteiger partial charge in [0.2, 0.25) is 0 Å². The number of carbonyl (C=O) groups is 1. The zero-order valence-corrected chi connectivity index (χ0v) is 14.5. The van der Waals surface area contributed by atoms with Crippen molar-refractivity contribution in [2.45, 2.75) is 24.9 Å². The van der Waals surface area contributed by atoms with E-state index in [0.717, 1.165) is 51.2 Å². The standard InChI is InChI=1S/C18H25F2N3O2/c1-21-6-4-14(5-7-21)22-8-10-23(11-9-22)17(18(24)25)15-3-2-13(19)12-16(15)20/h2-3,12,14,17H,4-11H2,1H3,(H,24,25)/t17-/m0/s1. The maximum absolute atomic E-state index is 14.1. The normalized spacial score (nSPS) is 22.8. The van der Waals surface area contributed by atoms with Gasteiger partial charge in [-0.25, -0.2) is 8.78 Å². The van der Waals surface area contributed by atoms with Gasteiger partial charge in [-0.3, -0.25) is 14.6 Å². The van der Waals surface area contributed by atoms with Gasteiger partial charge in [0.15, 0.2) is 0 Å². The first-order valence-electron chi connectivity index (χ1n) is 8.80. The molecule has 25 heavy (non-hydrogen) atoms. The Hall–Kier alpha value is -1.57. The molecule has 1 aromatic carbocycles. The lowest BCUT2D eigenvalue weighted by Crippen LogP contribution is -2.54. The van der Waals surface area contributed by atoms with E-state index in [1.54, 1.807) is 4.90 Å². The van der Waals surface area contributed by atoms with E-state index in [1.165, 1.54) is 6.07 Å². The molecule has 0 unspecified atom stereocenters. The highest BCUT2D eigenvalue weighted by molar-refractivity contribution is 5.75. The molecule has 0 aromatic heterocycles. The second kappa shape index (κ2) is 7.76. The van der Waals surface area contributed by atoms with Crippen molar-refractivity contribution in [1.82, 2.24) is 14.7 Å². The molecule has 2 heterocycles. The predicted molar refractivity (Wildman–Crippen MR) is 90.4 cm³/mol. The molecule has 1 N–H and O–H groups in total. The van der Waals surface area contributed by atoms with Gasteiger partial charge in [0.05, 0.1) is 0 Å². The Morgan fingerprint density at radius 2 is 1.76 bits per heavy atom. The van der Waals surface area contributed by atoms with Crippen LogP contribution in [0.15, 0.2) is 18.2 Å². The first-order valence-corrected chi connectivity index (χ1v) is 8.80. The van der Waals surface area contributed by atoms with E-state index >= 15 is 0 Å². The topological polar surface area (TPSA) is 47.0 Å². The van der Waals surface area contributed by atoms with Gasteiger partial charge in [-0.2, -0.15) is 0 Å². The monoisotopic (exact) mass is 353 g/mol. The van der Waals surface area contributed by atoms with Gasteiger partial charge >= 0.3 is 5.97 Å². The quantitative estimate of drug-likeness (QED) is 0.895. The summed E-state index contributed by atoms with van der Waals surface area (Å²) in [6.07, 6.45) is 2.26. The fourth-order valence-electron chi connectivity index (χ4n) is 3.93. The Balaban J connectivity index is 1.66. The highest BCUT2D eigenvalue weighted by Gasteiger charge is 2.34. The van der Waals surface area contributed by atoms with Crippen molar-refractivity contribution >= 4 is 5.97 Å². The largest absolute Gasteiger partial charge is 0.480 e. The molecule has 1 atom stereocenters. The molecule has 0 saturated carbocycles. The molecule has 7 heteroatoms. The summed E-state index contributed by atoms with van der Waals surface area (Å²) in [7, 11) is 2.13. The number of benzene rings is 1. The van der Waals surface area contributed by atoms with Crippen molar-refractivity contribution in [1.29, 1.82) is 0 Å². The number of piperazine rings is 1. The van der Waals surface area contributed by atoms with Crippen LogP contribution in [0.3, 0.4) is 0 Å². The van der Waals surface area contributed by atoms with Crippen LogP contribution in [0.4, 0.5) is 8.78 Å². The molecule has 2 fully saturated rings. The fourth-order valence-corrected chi connectivity index (χ4v) is 3.93. The minimum Gasteiger partial charge on any atom is -0.480 e. The molecule has 5 nitrogen and oxygen atoms in total. The van der Waals surface area contributed by atoms with Crippen LogP contribution >= 0.6 is 0 Å². The van der Waals surface area contributed by atoms with Crippen molar-refractivity contribution < 1.29 is 18.7 Å². The van der Waals surface area contributed by atoms with Gasteiger partial charge in [0.1, 0.15) is 17.7 Å². The first-order chi connectivity index (χ1) is 12.0. The van der Waals surface area contributed by atoms with Gasteiger partial charge in [0.25, 0.3) is 0 Å². The second-order valence-corrected chi connectivity index (χ2v) is 7.01. The fraction of sp³-hybridized carbons (Fsp3) is 0.611. The van der Waals surface area contributed by atoms with Crippen molar-refractivity contribution in [2.24, 2.45) is 0 Å². The van der Waals surface area contributed by atoms with Gasteiger partial charge in [-0.15, -0.1) is 0 Å². The first kappa shape index (κ1) is 18.2. The highest BCUT2D eigenvalue weighted by atomic mass is 19.1. The average molecular weight is 353 g/mol. The Labute approximate surface area is 146 Å². The average Bonchev–Trinajstić information content (AvgIpc) is 2.58. The number of likely N-dealkylation sites (tertiary alicyclic amines) is 1. The van der Waals surface area contributed by atoms with Crippen LogP contribution in [0.5, 0.6) is 0 Å². The predicted octanol–water partition coefficient (Wildman–Crippen LogP) is 1.80. The number of hydrogen-bond acceptors (Lipinski definition) is 4. The van der Waals surface area contributed by atoms with Crippen LogP contribution in [-0.4, -0.2) is 78.1 Å². The third-order valence-electron chi connectivity index (χ3n) is 5.41. The molecule has 0 aliphatic carbocycles. The third kappa shape index (κ3) is 4.16. The van der Waals surface area contributed by atoms with E-state index in [2.05, 4.69) is 16.8 Å². The molecule has 2 saturated heterocycles. The Morgan fingerprint density at radius 1 is 1.12 bits per heavy atom. The molecule has 0 radical (unpaired) electrons. The number of hydrogen-bond donors (Lipinski definition) is 1. The summed E-state index contributed by atoms with van der Waals surface area (Å²) in [5.41, 5.74) is 0.0293. The van der Waals surface area contributed by atoms with Gasteiger partial charge < -0.3 is 10.0 Å². The summed E-state index contributed by atoms with van der Waals surface area (Å²) in [4.78, 5) is 18.3. The maximum Gasteiger partial charge on any atom is 0.325 e. The molecular weight excluding hydrogens is 328 g/mol. The molecule has 0 amide bonds. The molecule has 2 aliphatic rings. The molecule has 0 bridgehead atoms. The smallest absolute Gasteiger partial charge is 0.325 e. The summed E-state index contributed by atoms with van der Waals surface area (Å²) >= 11 is 0. The van der Waals surface area contributed by atoms with Crippen LogP contribution in [0.25, 0.3) is 0 Å². The number of piperidine rings is 1. The molecule has 3 rings (SSSR count). The van der Waals surface area contributed by atoms with Crippen molar-refractivity contribution in [2.75, 3.05) is 46.3 Å². The molecule has 0 spiro atoms. The Kier molecular flexibility index (Phi) is 5.66. The zero-order valence-electron chi connectivity index (χ0n) is 14.5. The minimum atomic E-state index is -1.10. The van der Waals surface area contributed by atoms with Gasteiger partial charge in [0, 0.05) is 43.9 Å². The number of aliphatic carboxylic acids is 1. The zero-order chi connectivity index (χ0) is 18.0. The Morgan fingerprint density at radius 3 is 2.32 bits per heavy atom.